The van der Waals surface area contributed by atoms with Gasteiger partial charge >= 0.3 is 6.18 Å². The van der Waals surface area contributed by atoms with E-state index in [9.17, 15) is 18.0 Å². The predicted molar refractivity (Wildman–Crippen MR) is 60.3 cm³/mol. The number of nitrogens with zero attached hydrogens (tertiary/aromatic N) is 1. The third kappa shape index (κ3) is 2.64. The van der Waals surface area contributed by atoms with Crippen LogP contribution in [-0.2, 0) is 12.7 Å². The Kier molecular flexibility index (Phi) is 3.02. The summed E-state index contributed by atoms with van der Waals surface area (Å²) in [4.78, 5) is 11.4. The van der Waals surface area contributed by atoms with Crippen LogP contribution in [0.3, 0.4) is 0 Å². The van der Waals surface area contributed by atoms with Gasteiger partial charge in [-0.05, 0) is 12.5 Å². The fourth-order valence-corrected chi connectivity index (χ4v) is 1.57. The van der Waals surface area contributed by atoms with Gasteiger partial charge in [-0.15, -0.1) is 0 Å². The first-order valence-corrected chi connectivity index (χ1v) is 5.29. The smallest absolute Gasteiger partial charge is 0.291 e. The molecule has 2 aromatic rings. The molecular formula is C12H11F3N2O. The summed E-state index contributed by atoms with van der Waals surface area (Å²) in [6.07, 6.45) is -4.53. The Morgan fingerprint density at radius 2 is 1.83 bits per heavy atom. The Labute approximate surface area is 101 Å². The van der Waals surface area contributed by atoms with Gasteiger partial charge in [0.1, 0.15) is 5.69 Å². The van der Waals surface area contributed by atoms with E-state index in [-0.39, 0.29) is 6.54 Å². The van der Waals surface area contributed by atoms with Crippen molar-refractivity contribution in [2.24, 2.45) is 0 Å². The summed E-state index contributed by atoms with van der Waals surface area (Å²) in [5, 5.41) is 2.06. The maximum absolute atomic E-state index is 12.4. The summed E-state index contributed by atoms with van der Waals surface area (Å²) in [6, 6.07) is 7.79. The summed E-state index contributed by atoms with van der Waals surface area (Å²) in [7, 11) is 0. The molecular weight excluding hydrogens is 245 g/mol. The highest BCUT2D eigenvalue weighted by atomic mass is 19.4. The molecule has 6 heteroatoms. The van der Waals surface area contributed by atoms with Crippen molar-refractivity contribution in [2.45, 2.75) is 19.6 Å². The van der Waals surface area contributed by atoms with Gasteiger partial charge in [0, 0.05) is 6.07 Å². The van der Waals surface area contributed by atoms with Crippen LogP contribution < -0.4 is 5.56 Å². The molecule has 0 spiro atoms. The van der Waals surface area contributed by atoms with E-state index in [0.717, 1.165) is 15.8 Å². The van der Waals surface area contributed by atoms with Crippen LogP contribution in [0.4, 0.5) is 13.2 Å². The Hall–Kier alpha value is -1.98. The first-order valence-electron chi connectivity index (χ1n) is 5.29. The third-order valence-electron chi connectivity index (χ3n) is 2.56. The summed E-state index contributed by atoms with van der Waals surface area (Å²) in [5.74, 6) is 0. The van der Waals surface area contributed by atoms with E-state index in [1.54, 1.807) is 12.1 Å². The zero-order chi connectivity index (χ0) is 13.3. The highest BCUT2D eigenvalue weighted by molar-refractivity contribution is 5.21. The fourth-order valence-electron chi connectivity index (χ4n) is 1.57. The van der Waals surface area contributed by atoms with Crippen molar-refractivity contribution in [3.63, 3.8) is 0 Å². The zero-order valence-corrected chi connectivity index (χ0v) is 9.58. The first kappa shape index (κ1) is 12.5. The first-order chi connectivity index (χ1) is 8.36. The second kappa shape index (κ2) is 4.36. The van der Waals surface area contributed by atoms with Crippen molar-refractivity contribution in [3.8, 4) is 0 Å². The number of benzene rings is 1. The quantitative estimate of drug-likeness (QED) is 0.881. The maximum atomic E-state index is 12.4. The molecule has 2 rings (SSSR count). The number of aryl methyl sites for hydroxylation is 1. The third-order valence-corrected chi connectivity index (χ3v) is 2.56. The monoisotopic (exact) mass is 256 g/mol. The number of nitrogens with one attached hydrogen (secondary N) is 1. The van der Waals surface area contributed by atoms with Crippen LogP contribution in [0.15, 0.2) is 35.1 Å². The van der Waals surface area contributed by atoms with Crippen molar-refractivity contribution in [2.75, 3.05) is 0 Å². The van der Waals surface area contributed by atoms with Crippen molar-refractivity contribution in [1.29, 1.82) is 0 Å². The van der Waals surface area contributed by atoms with Gasteiger partial charge < -0.3 is 0 Å². The lowest BCUT2D eigenvalue weighted by Gasteiger charge is -2.05. The van der Waals surface area contributed by atoms with E-state index in [1.807, 2.05) is 19.1 Å². The minimum absolute atomic E-state index is 0.0925. The van der Waals surface area contributed by atoms with Crippen LogP contribution in [0, 0.1) is 6.92 Å². The molecule has 0 bridgehead atoms. The molecule has 0 aliphatic heterocycles. The molecule has 0 radical (unpaired) electrons. The van der Waals surface area contributed by atoms with Crippen LogP contribution in [0.2, 0.25) is 0 Å². The van der Waals surface area contributed by atoms with Gasteiger partial charge in [0.15, 0.2) is 0 Å². The van der Waals surface area contributed by atoms with Crippen LogP contribution >= 0.6 is 0 Å². The predicted octanol–water partition coefficient (Wildman–Crippen LogP) is 2.55. The van der Waals surface area contributed by atoms with Gasteiger partial charge in [0.2, 0.25) is 0 Å². The van der Waals surface area contributed by atoms with E-state index < -0.39 is 17.4 Å². The Morgan fingerprint density at radius 1 is 1.22 bits per heavy atom. The summed E-state index contributed by atoms with van der Waals surface area (Å²) in [6.45, 7) is 2.00. The molecule has 0 atom stereocenters. The second-order valence-corrected chi connectivity index (χ2v) is 4.08. The van der Waals surface area contributed by atoms with Gasteiger partial charge in [0.05, 0.1) is 6.54 Å². The van der Waals surface area contributed by atoms with Gasteiger partial charge in [-0.25, -0.2) is 4.68 Å². The van der Waals surface area contributed by atoms with E-state index in [0.29, 0.717) is 6.07 Å². The number of aromatic nitrogens is 2. The average Bonchev–Trinajstić information content (AvgIpc) is 2.63. The molecule has 0 saturated carbocycles. The standard InChI is InChI=1S/C12H11F3N2O/c1-8-2-4-9(5-3-8)7-17-11(18)6-10(16-17)12(13,14)15/h2-6,16H,7H2,1H3. The van der Waals surface area contributed by atoms with E-state index in [2.05, 4.69) is 5.10 Å². The molecule has 0 aliphatic carbocycles. The van der Waals surface area contributed by atoms with Crippen LogP contribution in [0.1, 0.15) is 16.8 Å². The highest BCUT2D eigenvalue weighted by Gasteiger charge is 2.33. The minimum Gasteiger partial charge on any atom is -0.291 e. The molecule has 96 valence electrons. The minimum atomic E-state index is -4.53. The van der Waals surface area contributed by atoms with Crippen LogP contribution in [0.5, 0.6) is 0 Å². The Morgan fingerprint density at radius 3 is 2.33 bits per heavy atom. The molecule has 0 saturated heterocycles. The number of alkyl halides is 3. The SMILES string of the molecule is Cc1ccc(Cn2[nH]c(C(F)(F)F)cc2=O)cc1. The summed E-state index contributed by atoms with van der Waals surface area (Å²) < 4.78 is 38.1. The zero-order valence-electron chi connectivity index (χ0n) is 9.58. The molecule has 3 nitrogen and oxygen atoms in total. The molecule has 1 aromatic carbocycles. The van der Waals surface area contributed by atoms with Gasteiger partial charge in [-0.3, -0.25) is 9.89 Å². The molecule has 18 heavy (non-hydrogen) atoms. The van der Waals surface area contributed by atoms with Crippen LogP contribution in [0.25, 0.3) is 0 Å². The molecule has 0 fully saturated rings. The number of aromatic amines is 1. The number of hydrogen-bond acceptors (Lipinski definition) is 1. The maximum Gasteiger partial charge on any atom is 0.432 e. The van der Waals surface area contributed by atoms with Crippen molar-refractivity contribution < 1.29 is 13.2 Å². The summed E-state index contributed by atoms with van der Waals surface area (Å²) in [5.41, 5.74) is 0.0920. The number of halogens is 3. The molecule has 0 unspecified atom stereocenters. The summed E-state index contributed by atoms with van der Waals surface area (Å²) >= 11 is 0. The van der Waals surface area contributed by atoms with Crippen molar-refractivity contribution in [1.82, 2.24) is 9.78 Å². The van der Waals surface area contributed by atoms with Crippen molar-refractivity contribution >= 4 is 0 Å². The Bertz CT molecular complexity index is 593. The lowest BCUT2D eigenvalue weighted by molar-refractivity contribution is -0.141. The van der Waals surface area contributed by atoms with E-state index in [4.69, 9.17) is 0 Å². The molecule has 0 amide bonds. The van der Waals surface area contributed by atoms with Crippen LogP contribution in [-0.4, -0.2) is 9.78 Å². The van der Waals surface area contributed by atoms with Gasteiger partial charge in [-0.2, -0.15) is 13.2 Å². The molecule has 1 aromatic heterocycles. The van der Waals surface area contributed by atoms with E-state index >= 15 is 0 Å². The average molecular weight is 256 g/mol. The normalized spacial score (nSPS) is 11.8. The van der Waals surface area contributed by atoms with Crippen molar-refractivity contribution in [3.05, 3.63) is 57.5 Å². The lowest BCUT2D eigenvalue weighted by Crippen LogP contribution is -2.16. The number of H-pyrrole nitrogens is 1. The number of hydrogen-bond donors (Lipinski definition) is 1. The largest absolute Gasteiger partial charge is 0.432 e. The van der Waals surface area contributed by atoms with Gasteiger partial charge in [-0.1, -0.05) is 29.8 Å². The fraction of sp³-hybridized carbons (Fsp3) is 0.250. The highest BCUT2D eigenvalue weighted by Crippen LogP contribution is 2.26. The molecule has 1 heterocycles. The molecule has 0 aliphatic rings. The lowest BCUT2D eigenvalue weighted by atomic mass is 10.1. The Balaban J connectivity index is 2.27. The van der Waals surface area contributed by atoms with Gasteiger partial charge in [0.25, 0.3) is 5.56 Å². The van der Waals surface area contributed by atoms with E-state index in [1.165, 1.54) is 0 Å². The number of rotatable bonds is 2. The topological polar surface area (TPSA) is 37.8 Å². The molecule has 1 N–H and O–H groups in total. The second-order valence-electron chi connectivity index (χ2n) is 4.08.